The summed E-state index contributed by atoms with van der Waals surface area (Å²) in [4.78, 5) is 16.9. The van der Waals surface area contributed by atoms with E-state index in [2.05, 4.69) is 10.3 Å². The van der Waals surface area contributed by atoms with Crippen LogP contribution in [0.2, 0.25) is 0 Å². The number of carbonyl (C=O) groups excluding carboxylic acids is 1. The largest absolute Gasteiger partial charge is 0.497 e. The van der Waals surface area contributed by atoms with Crippen LogP contribution in [0.3, 0.4) is 0 Å². The smallest absolute Gasteiger partial charge is 0.227 e. The van der Waals surface area contributed by atoms with Gasteiger partial charge in [0, 0.05) is 12.1 Å². The van der Waals surface area contributed by atoms with Crippen LogP contribution in [0.25, 0.3) is 11.1 Å². The van der Waals surface area contributed by atoms with Crippen LogP contribution >= 0.6 is 0 Å². The van der Waals surface area contributed by atoms with Crippen molar-refractivity contribution in [1.82, 2.24) is 10.3 Å². The summed E-state index contributed by atoms with van der Waals surface area (Å²) < 4.78 is 21.8. The Morgan fingerprint density at radius 1 is 1.19 bits per heavy atom. The Labute approximate surface area is 156 Å². The topological polar surface area (TPSA) is 82.8 Å². The average Bonchev–Trinajstić information content (AvgIpc) is 3.13. The highest BCUT2D eigenvalue weighted by Gasteiger charge is 2.26. The Kier molecular flexibility index (Phi) is 4.58. The summed E-state index contributed by atoms with van der Waals surface area (Å²) in [5.74, 6) is 2.33. The van der Waals surface area contributed by atoms with Crippen molar-refractivity contribution in [2.24, 2.45) is 5.92 Å². The lowest BCUT2D eigenvalue weighted by Gasteiger charge is -2.24. The fourth-order valence-corrected chi connectivity index (χ4v) is 3.11. The van der Waals surface area contributed by atoms with Crippen LogP contribution in [0.4, 0.5) is 0 Å². The Hall–Kier alpha value is -3.22. The van der Waals surface area contributed by atoms with E-state index in [4.69, 9.17) is 18.6 Å². The first-order chi connectivity index (χ1) is 13.2. The van der Waals surface area contributed by atoms with Crippen LogP contribution < -0.4 is 19.5 Å². The molecule has 2 aromatic carbocycles. The second-order valence-corrected chi connectivity index (χ2v) is 6.34. The molecule has 3 aromatic rings. The van der Waals surface area contributed by atoms with Gasteiger partial charge in [-0.2, -0.15) is 0 Å². The minimum Gasteiger partial charge on any atom is -0.497 e. The van der Waals surface area contributed by atoms with E-state index in [1.807, 2.05) is 24.3 Å². The van der Waals surface area contributed by atoms with Crippen LogP contribution in [0.15, 0.2) is 40.8 Å². The minimum absolute atomic E-state index is 0.0868. The van der Waals surface area contributed by atoms with Gasteiger partial charge in [0.05, 0.1) is 26.7 Å². The highest BCUT2D eigenvalue weighted by molar-refractivity contribution is 5.80. The summed E-state index contributed by atoms with van der Waals surface area (Å²) in [5.41, 5.74) is 2.35. The van der Waals surface area contributed by atoms with Gasteiger partial charge < -0.3 is 23.9 Å². The van der Waals surface area contributed by atoms with Crippen molar-refractivity contribution in [3.63, 3.8) is 0 Å². The van der Waals surface area contributed by atoms with Crippen molar-refractivity contribution < 1.29 is 23.4 Å². The van der Waals surface area contributed by atoms with Gasteiger partial charge >= 0.3 is 0 Å². The maximum absolute atomic E-state index is 12.5. The number of methoxy groups -OCH3 is 2. The highest BCUT2D eigenvalue weighted by atomic mass is 16.5. The lowest BCUT2D eigenvalue weighted by Crippen LogP contribution is -2.37. The van der Waals surface area contributed by atoms with E-state index in [0.717, 1.165) is 17.1 Å². The molecule has 27 heavy (non-hydrogen) atoms. The summed E-state index contributed by atoms with van der Waals surface area (Å²) in [6.07, 6.45) is 0.621. The molecule has 0 saturated carbocycles. The molecule has 0 radical (unpaired) electrons. The minimum atomic E-state index is -0.254. The van der Waals surface area contributed by atoms with Gasteiger partial charge in [0.15, 0.2) is 5.58 Å². The third-order valence-electron chi connectivity index (χ3n) is 4.60. The first kappa shape index (κ1) is 17.2. The number of hydrogen-bond acceptors (Lipinski definition) is 6. The Bertz CT molecular complexity index is 982. The molecule has 1 N–H and O–H groups in total. The molecular formula is C20H20N2O5. The Balaban J connectivity index is 1.39. The zero-order chi connectivity index (χ0) is 18.8. The van der Waals surface area contributed by atoms with Crippen LogP contribution in [-0.2, 0) is 17.8 Å². The summed E-state index contributed by atoms with van der Waals surface area (Å²) in [7, 11) is 3.21. The van der Waals surface area contributed by atoms with E-state index in [0.29, 0.717) is 35.8 Å². The molecule has 7 heteroatoms. The van der Waals surface area contributed by atoms with Gasteiger partial charge in [-0.05, 0) is 30.2 Å². The first-order valence-electron chi connectivity index (χ1n) is 8.67. The molecule has 1 aromatic heterocycles. The van der Waals surface area contributed by atoms with Crippen molar-refractivity contribution in [1.29, 1.82) is 0 Å². The summed E-state index contributed by atoms with van der Waals surface area (Å²) in [6.45, 7) is 0.554. The van der Waals surface area contributed by atoms with Crippen molar-refractivity contribution in [2.75, 3.05) is 20.8 Å². The number of aromatic nitrogens is 1. The molecule has 0 unspecified atom stereocenters. The van der Waals surface area contributed by atoms with Crippen LogP contribution in [0.5, 0.6) is 17.2 Å². The van der Waals surface area contributed by atoms with Gasteiger partial charge in [0.1, 0.15) is 29.4 Å². The number of fused-ring (bicyclic) bond motifs is 2. The van der Waals surface area contributed by atoms with Crippen molar-refractivity contribution in [3.05, 3.63) is 47.9 Å². The lowest BCUT2D eigenvalue weighted by molar-refractivity contribution is -0.126. The summed E-state index contributed by atoms with van der Waals surface area (Å²) in [5, 5.41) is 2.88. The van der Waals surface area contributed by atoms with E-state index in [1.54, 1.807) is 26.4 Å². The molecule has 0 spiro atoms. The molecule has 1 aliphatic heterocycles. The number of benzene rings is 2. The van der Waals surface area contributed by atoms with Gasteiger partial charge in [-0.25, -0.2) is 4.98 Å². The van der Waals surface area contributed by atoms with E-state index >= 15 is 0 Å². The number of carbonyl (C=O) groups is 1. The number of ether oxygens (including phenoxy) is 3. The molecular weight excluding hydrogens is 348 g/mol. The molecule has 0 bridgehead atoms. The van der Waals surface area contributed by atoms with E-state index < -0.39 is 0 Å². The molecule has 0 saturated heterocycles. The van der Waals surface area contributed by atoms with Gasteiger partial charge in [-0.15, -0.1) is 0 Å². The van der Waals surface area contributed by atoms with E-state index in [-0.39, 0.29) is 18.4 Å². The lowest BCUT2D eigenvalue weighted by atomic mass is 9.96. The zero-order valence-corrected chi connectivity index (χ0v) is 15.2. The van der Waals surface area contributed by atoms with E-state index in [9.17, 15) is 4.79 Å². The molecule has 140 valence electrons. The van der Waals surface area contributed by atoms with Crippen molar-refractivity contribution in [2.45, 2.75) is 13.0 Å². The standard InChI is InChI=1S/C20H20N2O5/c1-24-14-5-6-17-16(8-14)22-19(27-17)10-21-20(23)13-7-12-3-4-15(25-2)9-18(12)26-11-13/h3-6,8-9,13H,7,10-11H2,1-2H3,(H,21,23)/t13-/m1/s1. The number of amides is 1. The van der Waals surface area contributed by atoms with Gasteiger partial charge in [-0.1, -0.05) is 6.07 Å². The van der Waals surface area contributed by atoms with Gasteiger partial charge in [-0.3, -0.25) is 4.79 Å². The fourth-order valence-electron chi connectivity index (χ4n) is 3.11. The van der Waals surface area contributed by atoms with Crippen molar-refractivity contribution in [3.8, 4) is 17.2 Å². The molecule has 1 aliphatic rings. The highest BCUT2D eigenvalue weighted by Crippen LogP contribution is 2.31. The van der Waals surface area contributed by atoms with Crippen molar-refractivity contribution >= 4 is 17.0 Å². The number of rotatable bonds is 5. The first-order valence-corrected chi connectivity index (χ1v) is 8.67. The third kappa shape index (κ3) is 3.53. The van der Waals surface area contributed by atoms with Gasteiger partial charge in [0.2, 0.25) is 11.8 Å². The van der Waals surface area contributed by atoms with Crippen LogP contribution in [0.1, 0.15) is 11.5 Å². The Morgan fingerprint density at radius 2 is 1.96 bits per heavy atom. The maximum atomic E-state index is 12.5. The third-order valence-corrected chi connectivity index (χ3v) is 4.60. The monoisotopic (exact) mass is 368 g/mol. The summed E-state index contributed by atoms with van der Waals surface area (Å²) in [6, 6.07) is 11.0. The number of hydrogen-bond donors (Lipinski definition) is 1. The predicted molar refractivity (Wildman–Crippen MR) is 98.1 cm³/mol. The molecule has 0 fully saturated rings. The Morgan fingerprint density at radius 3 is 2.78 bits per heavy atom. The second kappa shape index (κ2) is 7.19. The zero-order valence-electron chi connectivity index (χ0n) is 15.2. The van der Waals surface area contributed by atoms with Crippen LogP contribution in [-0.4, -0.2) is 31.7 Å². The van der Waals surface area contributed by atoms with E-state index in [1.165, 1.54) is 0 Å². The number of oxazole rings is 1. The number of nitrogens with one attached hydrogen (secondary N) is 1. The normalized spacial score (nSPS) is 15.7. The van der Waals surface area contributed by atoms with Gasteiger partial charge in [0.25, 0.3) is 0 Å². The molecule has 2 heterocycles. The molecule has 4 rings (SSSR count). The molecule has 1 atom stereocenters. The quantitative estimate of drug-likeness (QED) is 0.746. The second-order valence-electron chi connectivity index (χ2n) is 6.34. The number of nitrogens with zero attached hydrogens (tertiary/aromatic N) is 1. The predicted octanol–water partition coefficient (Wildman–Crippen LogP) is 2.71. The summed E-state index contributed by atoms with van der Waals surface area (Å²) >= 11 is 0. The SMILES string of the molecule is COc1ccc2c(c1)OC[C@H](C(=O)NCc1nc3cc(OC)ccc3o1)C2. The molecule has 1 amide bonds. The fraction of sp³-hybridized carbons (Fsp3) is 0.300. The average molecular weight is 368 g/mol. The molecule has 7 nitrogen and oxygen atoms in total. The van der Waals surface area contributed by atoms with Crippen LogP contribution in [0, 0.1) is 5.92 Å². The maximum Gasteiger partial charge on any atom is 0.227 e. The molecule has 0 aliphatic carbocycles.